The number of nitrogens with one attached hydrogen (secondary N) is 2. The number of aromatic nitrogens is 2. The summed E-state index contributed by atoms with van der Waals surface area (Å²) in [5.74, 6) is -1.09. The highest BCUT2D eigenvalue weighted by Gasteiger charge is 2.17. The second-order valence-electron chi connectivity index (χ2n) is 5.07. The Balaban J connectivity index is 1.77. The minimum absolute atomic E-state index is 0.0141. The smallest absolute Gasteiger partial charge is 0.350 e. The molecule has 0 aliphatic carbocycles. The van der Waals surface area contributed by atoms with E-state index in [0.717, 1.165) is 17.0 Å². The van der Waals surface area contributed by atoms with Gasteiger partial charge < -0.3 is 15.4 Å². The first-order chi connectivity index (χ1) is 12.0. The zero-order valence-corrected chi connectivity index (χ0v) is 14.7. The first-order valence-electron chi connectivity index (χ1n) is 7.51. The molecule has 2 N–H and O–H groups in total. The quantitative estimate of drug-likeness (QED) is 0.725. The molecule has 0 aromatic carbocycles. The Morgan fingerprint density at radius 1 is 1.20 bits per heavy atom. The topological polar surface area (TPSA) is 110 Å². The molecule has 0 atom stereocenters. The van der Waals surface area contributed by atoms with Crippen molar-refractivity contribution in [2.45, 2.75) is 26.3 Å². The number of hydrogen-bond donors (Lipinski definition) is 2. The zero-order valence-electron chi connectivity index (χ0n) is 13.9. The van der Waals surface area contributed by atoms with Crippen molar-refractivity contribution in [3.63, 3.8) is 0 Å². The van der Waals surface area contributed by atoms with Crippen molar-refractivity contribution in [1.29, 1.82) is 0 Å². The molecule has 2 heterocycles. The molecule has 8 nitrogen and oxygen atoms in total. The van der Waals surface area contributed by atoms with Crippen molar-refractivity contribution < 1.29 is 19.1 Å². The summed E-state index contributed by atoms with van der Waals surface area (Å²) in [7, 11) is 1.28. The fourth-order valence-corrected chi connectivity index (χ4v) is 2.82. The molecule has 9 heteroatoms. The van der Waals surface area contributed by atoms with Gasteiger partial charge in [-0.05, 0) is 19.1 Å². The van der Waals surface area contributed by atoms with Gasteiger partial charge >= 0.3 is 5.97 Å². The lowest BCUT2D eigenvalue weighted by molar-refractivity contribution is -0.124. The van der Waals surface area contributed by atoms with Gasteiger partial charge in [0.1, 0.15) is 4.88 Å². The van der Waals surface area contributed by atoms with Crippen LogP contribution in [0.5, 0.6) is 0 Å². The van der Waals surface area contributed by atoms with Gasteiger partial charge in [0.15, 0.2) is 5.13 Å². The van der Waals surface area contributed by atoms with Crippen LogP contribution >= 0.6 is 11.3 Å². The van der Waals surface area contributed by atoms with Crippen LogP contribution in [0.4, 0.5) is 5.13 Å². The number of amides is 2. The van der Waals surface area contributed by atoms with E-state index in [-0.39, 0.29) is 24.7 Å². The lowest BCUT2D eigenvalue weighted by Crippen LogP contribution is -2.24. The minimum atomic E-state index is -0.496. The molecular formula is C16H18N4O4S. The molecule has 0 bridgehead atoms. The van der Waals surface area contributed by atoms with Crippen LogP contribution in [0.15, 0.2) is 24.4 Å². The largest absolute Gasteiger partial charge is 0.465 e. The van der Waals surface area contributed by atoms with E-state index in [4.69, 9.17) is 0 Å². The number of hydrogen-bond acceptors (Lipinski definition) is 7. The predicted octanol–water partition coefficient (Wildman–Crippen LogP) is 1.67. The van der Waals surface area contributed by atoms with Gasteiger partial charge in [0, 0.05) is 19.0 Å². The number of carbonyl (C=O) groups excluding carboxylic acids is 3. The van der Waals surface area contributed by atoms with Crippen LogP contribution in [-0.4, -0.2) is 34.9 Å². The molecule has 0 radical (unpaired) electrons. The van der Waals surface area contributed by atoms with Crippen molar-refractivity contribution in [3.05, 3.63) is 40.7 Å². The van der Waals surface area contributed by atoms with Crippen LogP contribution < -0.4 is 10.6 Å². The summed E-state index contributed by atoms with van der Waals surface area (Å²) in [6.07, 6.45) is 1.71. The number of anilines is 1. The standard InChI is InChI=1S/C16H18N4O4S/c1-10-14(15(23)24-2)25-16(19-10)20-13(22)7-6-12(21)18-9-11-5-3-4-8-17-11/h3-5,8H,6-7,9H2,1-2H3,(H,18,21)(H,19,20,22). The molecule has 0 unspecified atom stereocenters. The lowest BCUT2D eigenvalue weighted by atomic mass is 10.2. The van der Waals surface area contributed by atoms with Gasteiger partial charge in [-0.1, -0.05) is 17.4 Å². The molecule has 25 heavy (non-hydrogen) atoms. The highest BCUT2D eigenvalue weighted by Crippen LogP contribution is 2.23. The van der Waals surface area contributed by atoms with Gasteiger partial charge in [-0.25, -0.2) is 9.78 Å². The van der Waals surface area contributed by atoms with Gasteiger partial charge in [-0.2, -0.15) is 0 Å². The maximum atomic E-state index is 11.9. The molecule has 2 amide bonds. The van der Waals surface area contributed by atoms with E-state index in [1.165, 1.54) is 7.11 Å². The number of methoxy groups -OCH3 is 1. The van der Waals surface area contributed by atoms with E-state index >= 15 is 0 Å². The summed E-state index contributed by atoms with van der Waals surface area (Å²) in [5, 5.41) is 5.58. The molecule has 0 saturated carbocycles. The summed E-state index contributed by atoms with van der Waals surface area (Å²) in [4.78, 5) is 43.7. The summed E-state index contributed by atoms with van der Waals surface area (Å²) in [6.45, 7) is 1.97. The Morgan fingerprint density at radius 3 is 2.64 bits per heavy atom. The Hall–Kier alpha value is -2.81. The zero-order chi connectivity index (χ0) is 18.2. The van der Waals surface area contributed by atoms with Gasteiger partial charge in [0.25, 0.3) is 0 Å². The summed E-state index contributed by atoms with van der Waals surface area (Å²) in [6, 6.07) is 5.43. The number of carbonyl (C=O) groups is 3. The molecule has 2 rings (SSSR count). The molecule has 0 fully saturated rings. The number of nitrogens with zero attached hydrogens (tertiary/aromatic N) is 2. The molecule has 0 aliphatic heterocycles. The number of thiazole rings is 1. The highest BCUT2D eigenvalue weighted by atomic mass is 32.1. The van der Waals surface area contributed by atoms with Crippen molar-refractivity contribution in [2.75, 3.05) is 12.4 Å². The Kier molecular flexibility index (Phi) is 6.58. The van der Waals surface area contributed by atoms with E-state index in [2.05, 4.69) is 25.3 Å². The van der Waals surface area contributed by atoms with E-state index in [9.17, 15) is 14.4 Å². The number of rotatable bonds is 7. The van der Waals surface area contributed by atoms with Gasteiger partial charge in [-0.3, -0.25) is 14.6 Å². The van der Waals surface area contributed by atoms with Crippen molar-refractivity contribution in [1.82, 2.24) is 15.3 Å². The second-order valence-corrected chi connectivity index (χ2v) is 6.07. The normalized spacial score (nSPS) is 10.2. The first-order valence-corrected chi connectivity index (χ1v) is 8.33. The molecule has 2 aromatic rings. The summed E-state index contributed by atoms with van der Waals surface area (Å²) >= 11 is 1.04. The Labute approximate surface area is 148 Å². The SMILES string of the molecule is COC(=O)c1sc(NC(=O)CCC(=O)NCc2ccccn2)nc1C. The van der Waals surface area contributed by atoms with E-state index in [0.29, 0.717) is 22.2 Å². The number of aryl methyl sites for hydroxylation is 1. The average molecular weight is 362 g/mol. The fourth-order valence-electron chi connectivity index (χ4n) is 1.92. The van der Waals surface area contributed by atoms with Crippen LogP contribution in [0.2, 0.25) is 0 Å². The molecular weight excluding hydrogens is 344 g/mol. The number of ether oxygens (including phenoxy) is 1. The van der Waals surface area contributed by atoms with Gasteiger partial charge in [-0.15, -0.1) is 0 Å². The monoisotopic (exact) mass is 362 g/mol. The molecule has 0 aliphatic rings. The molecule has 0 saturated heterocycles. The highest BCUT2D eigenvalue weighted by molar-refractivity contribution is 7.17. The maximum Gasteiger partial charge on any atom is 0.350 e. The summed E-state index contributed by atoms with van der Waals surface area (Å²) in [5.41, 5.74) is 1.23. The van der Waals surface area contributed by atoms with Crippen LogP contribution in [-0.2, 0) is 20.9 Å². The Morgan fingerprint density at radius 2 is 1.96 bits per heavy atom. The fraction of sp³-hybridized carbons (Fsp3) is 0.312. The third-order valence-electron chi connectivity index (χ3n) is 3.19. The van der Waals surface area contributed by atoms with Gasteiger partial charge in [0.05, 0.1) is 25.0 Å². The van der Waals surface area contributed by atoms with Crippen LogP contribution in [0, 0.1) is 6.92 Å². The minimum Gasteiger partial charge on any atom is -0.465 e. The van der Waals surface area contributed by atoms with Crippen molar-refractivity contribution in [3.8, 4) is 0 Å². The van der Waals surface area contributed by atoms with E-state index < -0.39 is 5.97 Å². The molecule has 0 spiro atoms. The summed E-state index contributed by atoms with van der Waals surface area (Å²) < 4.78 is 4.64. The van der Waals surface area contributed by atoms with Crippen LogP contribution in [0.3, 0.4) is 0 Å². The lowest BCUT2D eigenvalue weighted by Gasteiger charge is -2.04. The Bertz CT molecular complexity index is 761. The van der Waals surface area contributed by atoms with Crippen LogP contribution in [0.25, 0.3) is 0 Å². The van der Waals surface area contributed by atoms with E-state index in [1.807, 2.05) is 6.07 Å². The van der Waals surface area contributed by atoms with Gasteiger partial charge in [0.2, 0.25) is 11.8 Å². The third kappa shape index (κ3) is 5.64. The van der Waals surface area contributed by atoms with Crippen molar-refractivity contribution in [2.24, 2.45) is 0 Å². The average Bonchev–Trinajstić information content (AvgIpc) is 2.98. The molecule has 2 aromatic heterocycles. The number of esters is 1. The molecule has 132 valence electrons. The number of pyridine rings is 1. The van der Waals surface area contributed by atoms with Crippen LogP contribution in [0.1, 0.15) is 33.9 Å². The maximum absolute atomic E-state index is 11.9. The second kappa shape index (κ2) is 8.88. The van der Waals surface area contributed by atoms with Crippen molar-refractivity contribution >= 4 is 34.3 Å². The third-order valence-corrected chi connectivity index (χ3v) is 4.24. The first kappa shape index (κ1) is 18.5. The predicted molar refractivity (Wildman–Crippen MR) is 92.1 cm³/mol. The van der Waals surface area contributed by atoms with E-state index in [1.54, 1.807) is 25.3 Å².